The second-order valence-electron chi connectivity index (χ2n) is 13.5. The van der Waals surface area contributed by atoms with Crippen LogP contribution in [-0.4, -0.2) is 123 Å². The van der Waals surface area contributed by atoms with Crippen molar-refractivity contribution >= 4 is 60.1 Å². The molecule has 3 rings (SSSR count). The molecule has 1 fully saturated rings. The van der Waals surface area contributed by atoms with Crippen molar-refractivity contribution in [2.75, 3.05) is 18.8 Å². The maximum Gasteiger partial charge on any atom is 0.326 e. The van der Waals surface area contributed by atoms with Crippen LogP contribution in [0.25, 0.3) is 0 Å². The summed E-state index contributed by atoms with van der Waals surface area (Å²) in [6, 6.07) is 5.79. The van der Waals surface area contributed by atoms with E-state index in [1.807, 2.05) is 0 Å². The number of primary amides is 1. The molecule has 2 aromatic carbocycles. The van der Waals surface area contributed by atoms with Crippen LogP contribution in [0.1, 0.15) is 49.7 Å². The summed E-state index contributed by atoms with van der Waals surface area (Å²) in [5.41, 5.74) is 12.0. The Labute approximate surface area is 334 Å². The van der Waals surface area contributed by atoms with Gasteiger partial charge in [-0.1, -0.05) is 42.5 Å². The van der Waals surface area contributed by atoms with Crippen LogP contribution < -0.4 is 38.1 Å². The van der Waals surface area contributed by atoms with Crippen LogP contribution in [0.5, 0.6) is 5.75 Å². The number of hydrogen-bond acceptors (Lipinski definition) is 11. The minimum absolute atomic E-state index is 0.0234. The van der Waals surface area contributed by atoms with E-state index in [4.69, 9.17) is 11.5 Å². The van der Waals surface area contributed by atoms with E-state index in [1.165, 1.54) is 29.2 Å². The van der Waals surface area contributed by atoms with E-state index in [9.17, 15) is 53.7 Å². The molecule has 1 saturated heterocycles. The van der Waals surface area contributed by atoms with Crippen molar-refractivity contribution < 1.29 is 53.7 Å². The molecule has 6 atom stereocenters. The van der Waals surface area contributed by atoms with E-state index in [0.717, 1.165) is 0 Å². The number of rotatable bonds is 22. The summed E-state index contributed by atoms with van der Waals surface area (Å²) < 4.78 is 0. The minimum atomic E-state index is -1.56. The summed E-state index contributed by atoms with van der Waals surface area (Å²) in [6.07, 6.45) is -0.505. The summed E-state index contributed by atoms with van der Waals surface area (Å²) in [7, 11) is 0. The molecule has 1 aliphatic rings. The van der Waals surface area contributed by atoms with Gasteiger partial charge in [-0.05, 0) is 55.4 Å². The number of carbonyl (C=O) groups excluding carboxylic acids is 6. The Morgan fingerprint density at radius 3 is 1.89 bits per heavy atom. The van der Waals surface area contributed by atoms with Crippen molar-refractivity contribution in [2.45, 2.75) is 87.6 Å². The zero-order chi connectivity index (χ0) is 42.1. The van der Waals surface area contributed by atoms with Crippen molar-refractivity contribution in [3.8, 4) is 5.75 Å². The first-order chi connectivity index (χ1) is 27.1. The number of phenols is 1. The van der Waals surface area contributed by atoms with Gasteiger partial charge in [0.25, 0.3) is 0 Å². The number of nitrogens with one attached hydrogen (secondary N) is 5. The van der Waals surface area contributed by atoms with E-state index in [2.05, 4.69) is 39.2 Å². The fourth-order valence-electron chi connectivity index (χ4n) is 6.12. The normalized spacial score (nSPS) is 16.2. The Hall–Kier alpha value is -5.89. The minimum Gasteiger partial charge on any atom is -0.508 e. The van der Waals surface area contributed by atoms with Gasteiger partial charge in [-0.25, -0.2) is 9.59 Å². The second kappa shape index (κ2) is 22.6. The summed E-state index contributed by atoms with van der Waals surface area (Å²) in [5, 5.41) is 41.6. The second-order valence-corrected chi connectivity index (χ2v) is 13.9. The first-order valence-corrected chi connectivity index (χ1v) is 18.9. The average Bonchev–Trinajstić information content (AvgIpc) is 3.68. The molecule has 0 unspecified atom stereocenters. The smallest absolute Gasteiger partial charge is 0.326 e. The molecule has 57 heavy (non-hydrogen) atoms. The zero-order valence-electron chi connectivity index (χ0n) is 31.1. The Kier molecular flexibility index (Phi) is 18.0. The third-order valence-electron chi connectivity index (χ3n) is 9.14. The van der Waals surface area contributed by atoms with Gasteiger partial charge in [0.15, 0.2) is 0 Å². The fourth-order valence-corrected chi connectivity index (χ4v) is 6.28. The molecule has 0 aromatic heterocycles. The van der Waals surface area contributed by atoms with Crippen LogP contribution in [0.15, 0.2) is 54.6 Å². The van der Waals surface area contributed by atoms with Gasteiger partial charge in [0.1, 0.15) is 36.0 Å². The number of benzene rings is 2. The molecule has 0 aliphatic carbocycles. The van der Waals surface area contributed by atoms with Gasteiger partial charge in [-0.15, -0.1) is 0 Å². The van der Waals surface area contributed by atoms with Gasteiger partial charge in [0, 0.05) is 38.1 Å². The topological polar surface area (TPSA) is 313 Å². The van der Waals surface area contributed by atoms with Crippen LogP contribution in [0.4, 0.5) is 4.79 Å². The van der Waals surface area contributed by atoms with E-state index in [-0.39, 0.29) is 56.7 Å². The standard InChI is InChI=1S/C37H50N8O11S/c38-24(20-57)31(49)41-25(8-4-16-40-37(39)56)32(50)42-26(14-15-30(47)48)33(51)43-27(18-22-10-12-23(46)13-11-22)34(52)44-28(19-21-6-2-1-3-7-21)35(53)45-17-5-9-29(45)36(54)55/h1-3,6-7,10-13,24-29,46,57H,4-5,8-9,14-20,38H2,(H,41,49)(H,42,50)(H,43,51)(H,44,52)(H,47,48)(H,54,55)(H3,39,40,56)/t24-,25-,26-,27-,28-,29-/m0/s1. The Morgan fingerprint density at radius 1 is 0.754 bits per heavy atom. The molecular formula is C37H50N8O11S. The quantitative estimate of drug-likeness (QED) is 0.0492. The predicted octanol–water partition coefficient (Wildman–Crippen LogP) is -1.24. The Bertz CT molecular complexity index is 1730. The summed E-state index contributed by atoms with van der Waals surface area (Å²) in [6.45, 7) is 0.187. The van der Waals surface area contributed by atoms with Gasteiger partial charge >= 0.3 is 18.0 Å². The van der Waals surface area contributed by atoms with Crippen LogP contribution in [0.2, 0.25) is 0 Å². The number of aliphatic carboxylic acids is 2. The molecule has 1 heterocycles. The highest BCUT2D eigenvalue weighted by molar-refractivity contribution is 7.80. The number of carbonyl (C=O) groups is 8. The molecule has 0 radical (unpaired) electrons. The molecule has 0 saturated carbocycles. The molecule has 12 N–H and O–H groups in total. The van der Waals surface area contributed by atoms with Crippen molar-refractivity contribution in [3.05, 3.63) is 65.7 Å². The van der Waals surface area contributed by atoms with Gasteiger partial charge < -0.3 is 58.3 Å². The molecule has 0 bridgehead atoms. The van der Waals surface area contributed by atoms with E-state index < -0.39 is 96.6 Å². The van der Waals surface area contributed by atoms with E-state index in [0.29, 0.717) is 17.5 Å². The molecule has 2 aromatic rings. The maximum atomic E-state index is 14.2. The van der Waals surface area contributed by atoms with Crippen LogP contribution in [0, 0.1) is 0 Å². The number of hydrogen-bond donors (Lipinski definition) is 11. The van der Waals surface area contributed by atoms with Crippen molar-refractivity contribution in [1.82, 2.24) is 31.5 Å². The lowest BCUT2D eigenvalue weighted by atomic mass is 10.0. The van der Waals surface area contributed by atoms with Crippen LogP contribution in [0.3, 0.4) is 0 Å². The number of nitrogens with zero attached hydrogens (tertiary/aromatic N) is 1. The lowest BCUT2D eigenvalue weighted by molar-refractivity contribution is -0.149. The number of carboxylic acids is 2. The molecule has 7 amide bonds. The Morgan fingerprint density at radius 2 is 1.30 bits per heavy atom. The molecule has 0 spiro atoms. The molecule has 1 aliphatic heterocycles. The highest BCUT2D eigenvalue weighted by Crippen LogP contribution is 2.20. The monoisotopic (exact) mass is 814 g/mol. The predicted molar refractivity (Wildman–Crippen MR) is 208 cm³/mol. The highest BCUT2D eigenvalue weighted by atomic mass is 32.1. The molecule has 19 nitrogen and oxygen atoms in total. The number of aromatic hydroxyl groups is 1. The highest BCUT2D eigenvalue weighted by Gasteiger charge is 2.39. The van der Waals surface area contributed by atoms with E-state index >= 15 is 0 Å². The third-order valence-corrected chi connectivity index (χ3v) is 9.54. The lowest BCUT2D eigenvalue weighted by Crippen LogP contribution is -2.60. The largest absolute Gasteiger partial charge is 0.508 e. The maximum absolute atomic E-state index is 14.2. The first kappa shape index (κ1) is 45.5. The number of phenolic OH excluding ortho intramolecular Hbond substituents is 1. The zero-order valence-corrected chi connectivity index (χ0v) is 32.0. The van der Waals surface area contributed by atoms with Crippen LogP contribution >= 0.6 is 12.6 Å². The number of thiol groups is 1. The first-order valence-electron chi connectivity index (χ1n) is 18.3. The van der Waals surface area contributed by atoms with Gasteiger partial charge in [0.05, 0.1) is 6.04 Å². The molecule has 310 valence electrons. The summed E-state index contributed by atoms with van der Waals surface area (Å²) in [4.78, 5) is 104. The van der Waals surface area contributed by atoms with E-state index in [1.54, 1.807) is 30.3 Å². The number of carboxylic acid groups (broad SMARTS) is 2. The average molecular weight is 815 g/mol. The number of nitrogens with two attached hydrogens (primary N) is 2. The van der Waals surface area contributed by atoms with Crippen molar-refractivity contribution in [1.29, 1.82) is 0 Å². The molecule has 20 heteroatoms. The number of urea groups is 1. The Balaban J connectivity index is 1.93. The SMILES string of the molecule is NC(=O)NCCC[C@H](NC(=O)[C@@H](N)CS)C(=O)N[C@@H](CCC(=O)O)C(=O)N[C@@H](Cc1ccc(O)cc1)C(=O)N[C@@H](Cc1ccccc1)C(=O)N1CCC[C@H]1C(=O)O. The van der Waals surface area contributed by atoms with Crippen molar-refractivity contribution in [2.24, 2.45) is 11.5 Å². The fraction of sp³-hybridized carbons (Fsp3) is 0.459. The van der Waals surface area contributed by atoms with Crippen molar-refractivity contribution in [3.63, 3.8) is 0 Å². The van der Waals surface area contributed by atoms with Gasteiger partial charge in [-0.3, -0.25) is 28.8 Å². The van der Waals surface area contributed by atoms with Crippen LogP contribution in [-0.2, 0) is 46.4 Å². The van der Waals surface area contributed by atoms with Gasteiger partial charge in [-0.2, -0.15) is 12.6 Å². The summed E-state index contributed by atoms with van der Waals surface area (Å²) >= 11 is 4.00. The lowest BCUT2D eigenvalue weighted by Gasteiger charge is -2.29. The number of likely N-dealkylation sites (tertiary alicyclic amines) is 1. The summed E-state index contributed by atoms with van der Waals surface area (Å²) in [5.74, 6) is -6.74. The third kappa shape index (κ3) is 14.9. The number of amides is 7. The molecular weight excluding hydrogens is 765 g/mol. The van der Waals surface area contributed by atoms with Gasteiger partial charge in [0.2, 0.25) is 29.5 Å².